The summed E-state index contributed by atoms with van der Waals surface area (Å²) in [6.45, 7) is 2.03. The highest BCUT2D eigenvalue weighted by molar-refractivity contribution is 5.99. The Morgan fingerprint density at radius 3 is 2.24 bits per heavy atom. The lowest BCUT2D eigenvalue weighted by Gasteiger charge is -2.34. The molecular weight excluding hydrogens is 438 g/mol. The molecule has 2 aliphatic heterocycles. The van der Waals surface area contributed by atoms with Crippen LogP contribution in [0.2, 0.25) is 0 Å². The number of piperazine rings is 1. The van der Waals surface area contributed by atoms with E-state index in [9.17, 15) is 9.59 Å². The molecule has 0 spiro atoms. The largest absolute Gasteiger partial charge is 0.493 e. The summed E-state index contributed by atoms with van der Waals surface area (Å²) in [5, 5.41) is 0. The Balaban J connectivity index is 1.35. The summed E-state index contributed by atoms with van der Waals surface area (Å²) in [6, 6.07) is 13.2. The third kappa shape index (κ3) is 4.83. The van der Waals surface area contributed by atoms with Crippen molar-refractivity contribution >= 4 is 23.9 Å². The number of hydrogen-bond acceptors (Lipinski definition) is 7. The molecule has 0 N–H and O–H groups in total. The van der Waals surface area contributed by atoms with Gasteiger partial charge in [-0.3, -0.25) is 9.59 Å². The van der Waals surface area contributed by atoms with E-state index in [0.29, 0.717) is 49.4 Å². The van der Waals surface area contributed by atoms with Crippen LogP contribution in [0.1, 0.15) is 17.2 Å². The van der Waals surface area contributed by atoms with Crippen molar-refractivity contribution in [1.82, 2.24) is 9.80 Å². The summed E-state index contributed by atoms with van der Waals surface area (Å²) in [5.74, 6) is 1.11. The fourth-order valence-corrected chi connectivity index (χ4v) is 3.91. The monoisotopic (exact) mass is 465 g/mol. The van der Waals surface area contributed by atoms with Gasteiger partial charge in [0.15, 0.2) is 11.5 Å². The standard InChI is InChI=1S/C25H27N3O6/c1-31-19-15-17(16-20(32-2)23(19)33-3)9-10-21(29)27-11-13-28(14-12-27)25-26-24(30)22(34-25)18-7-5-4-6-8-18/h4-10,15-16,22H,11-14H2,1-3H3/b10-9+. The van der Waals surface area contributed by atoms with E-state index >= 15 is 0 Å². The molecule has 2 amide bonds. The molecule has 1 saturated heterocycles. The smallest absolute Gasteiger partial charge is 0.296 e. The van der Waals surface area contributed by atoms with E-state index in [2.05, 4.69) is 4.99 Å². The first kappa shape index (κ1) is 23.2. The zero-order valence-corrected chi connectivity index (χ0v) is 19.4. The second-order valence-electron chi connectivity index (χ2n) is 7.75. The number of rotatable bonds is 6. The van der Waals surface area contributed by atoms with Crippen molar-refractivity contribution in [3.05, 3.63) is 59.7 Å². The van der Waals surface area contributed by atoms with Gasteiger partial charge in [0, 0.05) is 37.8 Å². The van der Waals surface area contributed by atoms with Crippen LogP contribution < -0.4 is 14.2 Å². The molecule has 9 heteroatoms. The molecule has 1 unspecified atom stereocenters. The van der Waals surface area contributed by atoms with E-state index < -0.39 is 6.10 Å². The Hall–Kier alpha value is -4.01. The second-order valence-corrected chi connectivity index (χ2v) is 7.75. The fourth-order valence-electron chi connectivity index (χ4n) is 3.91. The lowest BCUT2D eigenvalue weighted by molar-refractivity contribution is -0.127. The minimum atomic E-state index is -0.711. The molecule has 9 nitrogen and oxygen atoms in total. The van der Waals surface area contributed by atoms with Gasteiger partial charge in [0.25, 0.3) is 11.9 Å². The number of amidine groups is 1. The third-order valence-corrected chi connectivity index (χ3v) is 5.72. The summed E-state index contributed by atoms with van der Waals surface area (Å²) in [6.07, 6.45) is 2.53. The van der Waals surface area contributed by atoms with Crippen LogP contribution >= 0.6 is 0 Å². The Labute approximate surface area is 198 Å². The molecule has 4 rings (SSSR count). The van der Waals surface area contributed by atoms with Crippen LogP contribution in [0.15, 0.2) is 53.5 Å². The number of methoxy groups -OCH3 is 3. The van der Waals surface area contributed by atoms with Crippen molar-refractivity contribution in [3.8, 4) is 17.2 Å². The Kier molecular flexibility index (Phi) is 7.01. The molecule has 0 aliphatic carbocycles. The quantitative estimate of drug-likeness (QED) is 0.606. The second kappa shape index (κ2) is 10.3. The van der Waals surface area contributed by atoms with E-state index in [4.69, 9.17) is 18.9 Å². The summed E-state index contributed by atoms with van der Waals surface area (Å²) in [5.41, 5.74) is 1.53. The van der Waals surface area contributed by atoms with Crippen LogP contribution in [-0.2, 0) is 14.3 Å². The SMILES string of the molecule is COc1cc(/C=C/C(=O)N2CCN(C3=NC(=O)C(c4ccccc4)O3)CC2)cc(OC)c1OC. The first-order valence-corrected chi connectivity index (χ1v) is 10.9. The lowest BCUT2D eigenvalue weighted by Crippen LogP contribution is -2.50. The Morgan fingerprint density at radius 1 is 1.00 bits per heavy atom. The number of hydrogen-bond donors (Lipinski definition) is 0. The molecular formula is C25H27N3O6. The number of nitrogens with zero attached hydrogens (tertiary/aromatic N) is 3. The van der Waals surface area contributed by atoms with E-state index in [1.807, 2.05) is 35.2 Å². The summed E-state index contributed by atoms with van der Waals surface area (Å²) < 4.78 is 21.9. The highest BCUT2D eigenvalue weighted by Gasteiger charge is 2.34. The minimum absolute atomic E-state index is 0.110. The van der Waals surface area contributed by atoms with Crippen molar-refractivity contribution in [1.29, 1.82) is 0 Å². The van der Waals surface area contributed by atoms with Crippen molar-refractivity contribution < 1.29 is 28.5 Å². The van der Waals surface area contributed by atoms with E-state index in [-0.39, 0.29) is 11.8 Å². The maximum atomic E-state index is 12.7. The van der Waals surface area contributed by atoms with Gasteiger partial charge in [-0.05, 0) is 23.8 Å². The average molecular weight is 466 g/mol. The Bertz CT molecular complexity index is 1080. The number of carbonyl (C=O) groups excluding carboxylic acids is 2. The zero-order chi connectivity index (χ0) is 24.1. The van der Waals surface area contributed by atoms with Gasteiger partial charge in [-0.2, -0.15) is 4.99 Å². The maximum Gasteiger partial charge on any atom is 0.296 e. The van der Waals surface area contributed by atoms with Crippen LogP contribution in [0, 0.1) is 0 Å². The number of aliphatic imine (C=N–C) groups is 1. The number of carbonyl (C=O) groups is 2. The normalized spacial score (nSPS) is 18.0. The van der Waals surface area contributed by atoms with Gasteiger partial charge in [-0.1, -0.05) is 30.3 Å². The number of benzene rings is 2. The number of amides is 2. The van der Waals surface area contributed by atoms with Gasteiger partial charge in [-0.15, -0.1) is 0 Å². The van der Waals surface area contributed by atoms with Gasteiger partial charge >= 0.3 is 0 Å². The molecule has 2 aromatic rings. The van der Waals surface area contributed by atoms with Crippen LogP contribution in [0.25, 0.3) is 6.08 Å². The molecule has 1 atom stereocenters. The maximum absolute atomic E-state index is 12.7. The summed E-state index contributed by atoms with van der Waals surface area (Å²) in [4.78, 5) is 32.8. The van der Waals surface area contributed by atoms with Crippen LogP contribution in [-0.4, -0.2) is 75.1 Å². The third-order valence-electron chi connectivity index (χ3n) is 5.72. The molecule has 1 fully saturated rings. The molecule has 0 bridgehead atoms. The van der Waals surface area contributed by atoms with Gasteiger partial charge in [-0.25, -0.2) is 0 Å². The highest BCUT2D eigenvalue weighted by atomic mass is 16.5. The molecule has 2 aliphatic rings. The van der Waals surface area contributed by atoms with E-state index in [0.717, 1.165) is 11.1 Å². The molecule has 2 heterocycles. The summed E-state index contributed by atoms with van der Waals surface area (Å²) >= 11 is 0. The number of ether oxygens (including phenoxy) is 4. The first-order valence-electron chi connectivity index (χ1n) is 10.9. The minimum Gasteiger partial charge on any atom is -0.493 e. The van der Waals surface area contributed by atoms with Gasteiger partial charge < -0.3 is 28.7 Å². The zero-order valence-electron chi connectivity index (χ0n) is 19.4. The molecule has 2 aromatic carbocycles. The van der Waals surface area contributed by atoms with Crippen molar-refractivity contribution in [2.24, 2.45) is 4.99 Å². The van der Waals surface area contributed by atoms with Gasteiger partial charge in [0.2, 0.25) is 17.8 Å². The highest BCUT2D eigenvalue weighted by Crippen LogP contribution is 2.38. The van der Waals surface area contributed by atoms with Crippen molar-refractivity contribution in [2.45, 2.75) is 6.10 Å². The van der Waals surface area contributed by atoms with Crippen LogP contribution in [0.4, 0.5) is 0 Å². The fraction of sp³-hybridized carbons (Fsp3) is 0.320. The lowest BCUT2D eigenvalue weighted by atomic mass is 10.1. The Morgan fingerprint density at radius 2 is 1.65 bits per heavy atom. The first-order chi connectivity index (χ1) is 16.5. The van der Waals surface area contributed by atoms with Crippen LogP contribution in [0.3, 0.4) is 0 Å². The summed E-state index contributed by atoms with van der Waals surface area (Å²) in [7, 11) is 4.63. The van der Waals surface area contributed by atoms with E-state index in [1.165, 1.54) is 6.08 Å². The molecule has 0 aromatic heterocycles. The molecule has 0 saturated carbocycles. The molecule has 178 valence electrons. The molecule has 0 radical (unpaired) electrons. The van der Waals surface area contributed by atoms with Gasteiger partial charge in [0.05, 0.1) is 21.3 Å². The van der Waals surface area contributed by atoms with E-state index in [1.54, 1.807) is 44.4 Å². The van der Waals surface area contributed by atoms with Gasteiger partial charge in [0.1, 0.15) is 0 Å². The van der Waals surface area contributed by atoms with Crippen molar-refractivity contribution in [3.63, 3.8) is 0 Å². The topological polar surface area (TPSA) is 89.9 Å². The average Bonchev–Trinajstić information content (AvgIpc) is 3.28. The predicted octanol–water partition coefficient (Wildman–Crippen LogP) is 2.52. The molecule has 34 heavy (non-hydrogen) atoms. The van der Waals surface area contributed by atoms with Crippen LogP contribution in [0.5, 0.6) is 17.2 Å². The van der Waals surface area contributed by atoms with Crippen molar-refractivity contribution in [2.75, 3.05) is 47.5 Å². The predicted molar refractivity (Wildman–Crippen MR) is 126 cm³/mol.